The molecule has 1 fully saturated rings. The number of anilines is 1. The second-order valence-corrected chi connectivity index (χ2v) is 5.75. The van der Waals surface area contributed by atoms with Gasteiger partial charge in [-0.3, -0.25) is 19.7 Å². The van der Waals surface area contributed by atoms with Crippen molar-refractivity contribution in [2.75, 3.05) is 5.32 Å². The quantitative estimate of drug-likeness (QED) is 0.502. The Kier molecular flexibility index (Phi) is 3.59. The zero-order valence-corrected chi connectivity index (χ0v) is 11.8. The number of nitro groups is 1. The second kappa shape index (κ2) is 5.45. The number of rotatable bonds is 4. The van der Waals surface area contributed by atoms with Crippen molar-refractivity contribution in [2.45, 2.75) is 6.42 Å². The fraction of sp³-hybridized carbons (Fsp3) is 0.333. The maximum atomic E-state index is 13.3. The van der Waals surface area contributed by atoms with Gasteiger partial charge in [0, 0.05) is 11.8 Å². The summed E-state index contributed by atoms with van der Waals surface area (Å²) in [6.45, 7) is 0. The third kappa shape index (κ3) is 2.56. The number of halogens is 1. The number of nitrogens with one attached hydrogen (secondary N) is 1. The molecule has 2 bridgehead atoms. The lowest BCUT2D eigenvalue weighted by Crippen LogP contribution is -2.36. The van der Waals surface area contributed by atoms with Gasteiger partial charge in [0.2, 0.25) is 11.7 Å². The number of aliphatic carboxylic acids is 1. The van der Waals surface area contributed by atoms with Crippen molar-refractivity contribution >= 4 is 23.3 Å². The Morgan fingerprint density at radius 1 is 1.26 bits per heavy atom. The van der Waals surface area contributed by atoms with Gasteiger partial charge in [-0.2, -0.15) is 4.39 Å². The van der Waals surface area contributed by atoms with Crippen LogP contribution in [-0.2, 0) is 9.59 Å². The van der Waals surface area contributed by atoms with Gasteiger partial charge in [0.05, 0.1) is 16.8 Å². The Hall–Kier alpha value is -2.77. The van der Waals surface area contributed by atoms with E-state index in [1.807, 2.05) is 12.2 Å². The minimum absolute atomic E-state index is 0.0685. The molecule has 1 aromatic rings. The molecule has 7 nitrogen and oxygen atoms in total. The van der Waals surface area contributed by atoms with E-state index in [1.165, 1.54) is 6.07 Å². The molecule has 0 aliphatic heterocycles. The minimum Gasteiger partial charge on any atom is -0.481 e. The molecule has 0 radical (unpaired) electrons. The van der Waals surface area contributed by atoms with Gasteiger partial charge in [-0.15, -0.1) is 0 Å². The number of nitrogens with zero attached hydrogens (tertiary/aromatic N) is 1. The van der Waals surface area contributed by atoms with Crippen LogP contribution in [0.15, 0.2) is 30.4 Å². The monoisotopic (exact) mass is 320 g/mol. The summed E-state index contributed by atoms with van der Waals surface area (Å²) in [6, 6.07) is 3.02. The highest BCUT2D eigenvalue weighted by atomic mass is 19.1. The number of carboxylic acid groups (broad SMARTS) is 1. The van der Waals surface area contributed by atoms with E-state index >= 15 is 0 Å². The molecule has 2 N–H and O–H groups in total. The van der Waals surface area contributed by atoms with Crippen LogP contribution in [-0.4, -0.2) is 21.9 Å². The number of fused-ring (bicyclic) bond motifs is 2. The molecule has 0 unspecified atom stereocenters. The Morgan fingerprint density at radius 3 is 2.52 bits per heavy atom. The summed E-state index contributed by atoms with van der Waals surface area (Å²) in [5, 5.41) is 22.5. The first kappa shape index (κ1) is 15.1. The van der Waals surface area contributed by atoms with E-state index in [9.17, 15) is 29.2 Å². The summed E-state index contributed by atoms with van der Waals surface area (Å²) in [4.78, 5) is 33.7. The van der Waals surface area contributed by atoms with Crippen LogP contribution in [0.2, 0.25) is 0 Å². The van der Waals surface area contributed by atoms with Crippen molar-refractivity contribution < 1.29 is 24.0 Å². The molecule has 23 heavy (non-hydrogen) atoms. The molecule has 8 heteroatoms. The van der Waals surface area contributed by atoms with Crippen LogP contribution in [0.25, 0.3) is 0 Å². The Labute approximate surface area is 130 Å². The van der Waals surface area contributed by atoms with Crippen molar-refractivity contribution in [2.24, 2.45) is 23.7 Å². The predicted molar refractivity (Wildman–Crippen MR) is 77.0 cm³/mol. The Bertz CT molecular complexity index is 733. The van der Waals surface area contributed by atoms with Crippen molar-refractivity contribution in [1.29, 1.82) is 0 Å². The van der Waals surface area contributed by atoms with Crippen LogP contribution >= 0.6 is 0 Å². The third-order valence-corrected chi connectivity index (χ3v) is 4.46. The van der Waals surface area contributed by atoms with Crippen LogP contribution in [0, 0.1) is 39.6 Å². The van der Waals surface area contributed by atoms with E-state index in [0.717, 1.165) is 12.1 Å². The molecule has 2 aliphatic carbocycles. The van der Waals surface area contributed by atoms with Gasteiger partial charge in [0.1, 0.15) is 0 Å². The predicted octanol–water partition coefficient (Wildman–Crippen LogP) is 2.20. The minimum atomic E-state index is -1.04. The van der Waals surface area contributed by atoms with Gasteiger partial charge in [-0.25, -0.2) is 0 Å². The highest BCUT2D eigenvalue weighted by Crippen LogP contribution is 2.48. The van der Waals surface area contributed by atoms with Crippen molar-refractivity contribution in [1.82, 2.24) is 0 Å². The van der Waals surface area contributed by atoms with Gasteiger partial charge >= 0.3 is 11.7 Å². The Morgan fingerprint density at radius 2 is 1.91 bits per heavy atom. The highest BCUT2D eigenvalue weighted by Gasteiger charge is 2.51. The molecule has 4 atom stereocenters. The van der Waals surface area contributed by atoms with Gasteiger partial charge in [-0.05, 0) is 30.4 Å². The first-order valence-corrected chi connectivity index (χ1v) is 7.04. The van der Waals surface area contributed by atoms with Crippen LogP contribution in [0.4, 0.5) is 15.8 Å². The third-order valence-electron chi connectivity index (χ3n) is 4.46. The number of allylic oxidation sites excluding steroid dienone is 2. The number of amides is 1. The molecule has 2 aliphatic rings. The molecule has 0 heterocycles. The molecule has 0 saturated heterocycles. The maximum absolute atomic E-state index is 13.3. The normalized spacial score (nSPS) is 27.9. The van der Waals surface area contributed by atoms with Crippen LogP contribution < -0.4 is 5.32 Å². The number of carbonyl (C=O) groups excluding carboxylic acids is 1. The summed E-state index contributed by atoms with van der Waals surface area (Å²) in [6.07, 6.45) is 4.26. The van der Waals surface area contributed by atoms with E-state index in [0.29, 0.717) is 6.42 Å². The van der Waals surface area contributed by atoms with Gasteiger partial charge < -0.3 is 10.4 Å². The summed E-state index contributed by atoms with van der Waals surface area (Å²) in [5.74, 6) is -4.42. The average molecular weight is 320 g/mol. The molecule has 0 spiro atoms. The molecule has 0 aromatic heterocycles. The summed E-state index contributed by atoms with van der Waals surface area (Å²) < 4.78 is 13.3. The first-order valence-electron chi connectivity index (χ1n) is 7.04. The van der Waals surface area contributed by atoms with Crippen LogP contribution in [0.3, 0.4) is 0 Å². The summed E-state index contributed by atoms with van der Waals surface area (Å²) >= 11 is 0. The zero-order chi connectivity index (χ0) is 16.7. The van der Waals surface area contributed by atoms with E-state index in [2.05, 4.69) is 5.32 Å². The average Bonchev–Trinajstić information content (AvgIpc) is 3.09. The Balaban J connectivity index is 1.82. The van der Waals surface area contributed by atoms with Gasteiger partial charge in [-0.1, -0.05) is 12.2 Å². The number of benzene rings is 1. The van der Waals surface area contributed by atoms with Crippen LogP contribution in [0.1, 0.15) is 6.42 Å². The molecule has 120 valence electrons. The second-order valence-electron chi connectivity index (χ2n) is 5.75. The largest absolute Gasteiger partial charge is 0.481 e. The molecule has 1 aromatic carbocycles. The fourth-order valence-electron chi connectivity index (χ4n) is 3.47. The molecule has 3 rings (SSSR count). The zero-order valence-electron chi connectivity index (χ0n) is 11.8. The smallest absolute Gasteiger partial charge is 0.307 e. The number of carboxylic acids is 1. The van der Waals surface area contributed by atoms with Crippen LogP contribution in [0.5, 0.6) is 0 Å². The maximum Gasteiger partial charge on any atom is 0.307 e. The fourth-order valence-corrected chi connectivity index (χ4v) is 3.47. The van der Waals surface area contributed by atoms with E-state index in [1.54, 1.807) is 0 Å². The molecular weight excluding hydrogens is 307 g/mol. The lowest BCUT2D eigenvalue weighted by atomic mass is 9.82. The van der Waals surface area contributed by atoms with E-state index < -0.39 is 40.1 Å². The summed E-state index contributed by atoms with van der Waals surface area (Å²) in [7, 11) is 0. The lowest BCUT2D eigenvalue weighted by Gasteiger charge is -2.23. The highest BCUT2D eigenvalue weighted by molar-refractivity contribution is 5.96. The summed E-state index contributed by atoms with van der Waals surface area (Å²) in [5.41, 5.74) is -0.676. The van der Waals surface area contributed by atoms with Crippen molar-refractivity contribution in [3.63, 3.8) is 0 Å². The van der Waals surface area contributed by atoms with E-state index in [-0.39, 0.29) is 17.5 Å². The topological polar surface area (TPSA) is 110 Å². The number of hydrogen-bond donors (Lipinski definition) is 2. The molecule has 1 saturated carbocycles. The van der Waals surface area contributed by atoms with Gasteiger partial charge in [0.15, 0.2) is 0 Å². The lowest BCUT2D eigenvalue weighted by molar-refractivity contribution is -0.387. The number of nitro benzene ring substituents is 1. The SMILES string of the molecule is O=C(O)[C@H]1[C@H](C(=O)Nc2ccc(F)c([N+](=O)[O-])c2)[C@H]2C=C[C@H]1C2. The first-order chi connectivity index (χ1) is 10.9. The number of carbonyl (C=O) groups is 2. The van der Waals surface area contributed by atoms with Gasteiger partial charge in [0.25, 0.3) is 0 Å². The molecular formula is C15H13FN2O5. The number of hydrogen-bond acceptors (Lipinski definition) is 4. The van der Waals surface area contributed by atoms with Crippen molar-refractivity contribution in [3.8, 4) is 0 Å². The standard InChI is InChI=1S/C15H13FN2O5/c16-10-4-3-9(6-11(10)18(22)23)17-14(19)12-7-1-2-8(5-7)13(12)15(20)21/h1-4,6-8,12-13H,5H2,(H,17,19)(H,20,21)/t7-,8-,12+,13+/m0/s1. The van der Waals surface area contributed by atoms with Crippen molar-refractivity contribution in [3.05, 3.63) is 46.3 Å². The molecule has 1 amide bonds. The van der Waals surface area contributed by atoms with E-state index in [4.69, 9.17) is 0 Å².